The van der Waals surface area contributed by atoms with Crippen LogP contribution in [0, 0.1) is 0 Å². The molecule has 1 saturated heterocycles. The summed E-state index contributed by atoms with van der Waals surface area (Å²) in [6.45, 7) is 5.52. The number of methoxy groups -OCH3 is 1. The van der Waals surface area contributed by atoms with E-state index in [-0.39, 0.29) is 24.3 Å². The molecule has 0 radical (unpaired) electrons. The van der Waals surface area contributed by atoms with E-state index in [0.717, 1.165) is 13.1 Å². The Balaban J connectivity index is 2.23. The first-order valence-electron chi connectivity index (χ1n) is 6.87. The molecule has 0 spiro atoms. The summed E-state index contributed by atoms with van der Waals surface area (Å²) in [4.78, 5) is 27.9. The van der Waals surface area contributed by atoms with Gasteiger partial charge in [-0.25, -0.2) is 4.90 Å². The maximum absolute atomic E-state index is 12.5. The number of ether oxygens (including phenoxy) is 1. The number of hydrogen-bond donors (Lipinski definition) is 0. The summed E-state index contributed by atoms with van der Waals surface area (Å²) >= 11 is 0. The summed E-state index contributed by atoms with van der Waals surface area (Å²) in [5, 5.41) is 0. The van der Waals surface area contributed by atoms with Crippen LogP contribution < -0.4 is 9.64 Å². The van der Waals surface area contributed by atoms with E-state index in [2.05, 4.69) is 0 Å². The molecule has 1 unspecified atom stereocenters. The minimum atomic E-state index is -0.334. The second kappa shape index (κ2) is 6.05. The van der Waals surface area contributed by atoms with Crippen LogP contribution >= 0.6 is 0 Å². The monoisotopic (exact) mass is 276 g/mol. The molecular weight excluding hydrogens is 256 g/mol. The lowest BCUT2D eigenvalue weighted by atomic mass is 10.2. The summed E-state index contributed by atoms with van der Waals surface area (Å²) in [5.74, 6) is 0.425. The van der Waals surface area contributed by atoms with Gasteiger partial charge in [-0.1, -0.05) is 13.8 Å². The van der Waals surface area contributed by atoms with Crippen LogP contribution in [0.15, 0.2) is 24.3 Å². The number of rotatable bonds is 5. The SMILES string of the molecule is CCN(CC)C1CC(=O)N(c2ccc(OC)cc2)C1=O. The van der Waals surface area contributed by atoms with Crippen LogP contribution in [0.5, 0.6) is 5.75 Å². The Hall–Kier alpha value is -1.88. The molecule has 5 heteroatoms. The number of benzene rings is 1. The molecule has 0 N–H and O–H groups in total. The van der Waals surface area contributed by atoms with Crippen molar-refractivity contribution in [3.05, 3.63) is 24.3 Å². The molecule has 1 aliphatic heterocycles. The van der Waals surface area contributed by atoms with Gasteiger partial charge in [-0.3, -0.25) is 14.5 Å². The first-order valence-corrected chi connectivity index (χ1v) is 6.87. The summed E-state index contributed by atoms with van der Waals surface area (Å²) < 4.78 is 5.08. The minimum Gasteiger partial charge on any atom is -0.497 e. The van der Waals surface area contributed by atoms with Crippen molar-refractivity contribution in [2.24, 2.45) is 0 Å². The van der Waals surface area contributed by atoms with Gasteiger partial charge in [-0.2, -0.15) is 0 Å². The van der Waals surface area contributed by atoms with Gasteiger partial charge in [-0.05, 0) is 37.4 Å². The van der Waals surface area contributed by atoms with Crippen LogP contribution in [0.4, 0.5) is 5.69 Å². The normalized spacial score (nSPS) is 19.0. The van der Waals surface area contributed by atoms with Gasteiger partial charge in [0.05, 0.1) is 25.3 Å². The first kappa shape index (κ1) is 14.5. The van der Waals surface area contributed by atoms with Crippen molar-refractivity contribution >= 4 is 17.5 Å². The zero-order valence-electron chi connectivity index (χ0n) is 12.1. The van der Waals surface area contributed by atoms with E-state index in [4.69, 9.17) is 4.74 Å². The maximum atomic E-state index is 12.5. The van der Waals surface area contributed by atoms with Crippen molar-refractivity contribution in [1.29, 1.82) is 0 Å². The van der Waals surface area contributed by atoms with Crippen LogP contribution in [0.3, 0.4) is 0 Å². The third-order valence-corrected chi connectivity index (χ3v) is 3.71. The highest BCUT2D eigenvalue weighted by Gasteiger charge is 2.41. The van der Waals surface area contributed by atoms with Gasteiger partial charge in [0.15, 0.2) is 0 Å². The summed E-state index contributed by atoms with van der Waals surface area (Å²) in [6, 6.07) is 6.64. The van der Waals surface area contributed by atoms with Gasteiger partial charge in [0.25, 0.3) is 5.91 Å². The zero-order valence-corrected chi connectivity index (χ0v) is 12.1. The number of carbonyl (C=O) groups is 2. The quantitative estimate of drug-likeness (QED) is 0.768. The minimum absolute atomic E-state index is 0.135. The molecule has 1 atom stereocenters. The van der Waals surface area contributed by atoms with Gasteiger partial charge < -0.3 is 4.74 Å². The average molecular weight is 276 g/mol. The van der Waals surface area contributed by atoms with Crippen LogP contribution in [0.1, 0.15) is 20.3 Å². The Morgan fingerprint density at radius 2 is 1.80 bits per heavy atom. The van der Waals surface area contributed by atoms with Gasteiger partial charge in [0.2, 0.25) is 5.91 Å². The number of imide groups is 1. The number of likely N-dealkylation sites (N-methyl/N-ethyl adjacent to an activating group) is 1. The Labute approximate surface area is 119 Å². The predicted octanol–water partition coefficient (Wildman–Crippen LogP) is 1.67. The number of nitrogens with zero attached hydrogens (tertiary/aromatic N) is 2. The number of carbonyl (C=O) groups excluding carboxylic acids is 2. The second-order valence-corrected chi connectivity index (χ2v) is 4.71. The molecule has 1 heterocycles. The second-order valence-electron chi connectivity index (χ2n) is 4.71. The van der Waals surface area contributed by atoms with Crippen molar-refractivity contribution in [2.75, 3.05) is 25.1 Å². The van der Waals surface area contributed by atoms with Gasteiger partial charge in [0, 0.05) is 0 Å². The van der Waals surface area contributed by atoms with E-state index in [0.29, 0.717) is 11.4 Å². The lowest BCUT2D eigenvalue weighted by molar-refractivity contribution is -0.122. The fraction of sp³-hybridized carbons (Fsp3) is 0.467. The van der Waals surface area contributed by atoms with E-state index in [1.54, 1.807) is 31.4 Å². The third kappa shape index (κ3) is 2.54. The van der Waals surface area contributed by atoms with Crippen LogP contribution in [0.2, 0.25) is 0 Å². The smallest absolute Gasteiger partial charge is 0.251 e. The number of amides is 2. The molecule has 0 saturated carbocycles. The number of anilines is 1. The number of hydrogen-bond acceptors (Lipinski definition) is 4. The summed E-state index contributed by atoms with van der Waals surface area (Å²) in [6.07, 6.45) is 0.256. The molecule has 2 rings (SSSR count). The third-order valence-electron chi connectivity index (χ3n) is 3.71. The molecule has 1 fully saturated rings. The van der Waals surface area contributed by atoms with E-state index >= 15 is 0 Å². The molecule has 20 heavy (non-hydrogen) atoms. The van der Waals surface area contributed by atoms with Crippen LogP contribution in [-0.2, 0) is 9.59 Å². The molecule has 0 aromatic heterocycles. The van der Waals surface area contributed by atoms with Crippen molar-refractivity contribution in [1.82, 2.24) is 4.90 Å². The van der Waals surface area contributed by atoms with Crippen LogP contribution in [0.25, 0.3) is 0 Å². The molecule has 1 aliphatic rings. The lowest BCUT2D eigenvalue weighted by Crippen LogP contribution is -2.41. The van der Waals surface area contributed by atoms with Gasteiger partial charge in [-0.15, -0.1) is 0 Å². The molecule has 108 valence electrons. The highest BCUT2D eigenvalue weighted by molar-refractivity contribution is 6.22. The van der Waals surface area contributed by atoms with Crippen LogP contribution in [-0.4, -0.2) is 43.0 Å². The lowest BCUT2D eigenvalue weighted by Gasteiger charge is -2.24. The van der Waals surface area contributed by atoms with Gasteiger partial charge >= 0.3 is 0 Å². The highest BCUT2D eigenvalue weighted by Crippen LogP contribution is 2.27. The summed E-state index contributed by atoms with van der Waals surface area (Å²) in [5.41, 5.74) is 0.607. The largest absolute Gasteiger partial charge is 0.497 e. The van der Waals surface area contributed by atoms with Gasteiger partial charge in [0.1, 0.15) is 5.75 Å². The summed E-state index contributed by atoms with van der Waals surface area (Å²) in [7, 11) is 1.58. The fourth-order valence-corrected chi connectivity index (χ4v) is 2.57. The molecule has 1 aromatic carbocycles. The zero-order chi connectivity index (χ0) is 14.7. The van der Waals surface area contributed by atoms with E-state index < -0.39 is 0 Å². The Bertz CT molecular complexity index is 494. The Morgan fingerprint density at radius 3 is 2.30 bits per heavy atom. The molecule has 5 nitrogen and oxygen atoms in total. The topological polar surface area (TPSA) is 49.9 Å². The standard InChI is InChI=1S/C15H20N2O3/c1-4-16(5-2)13-10-14(18)17(15(13)19)11-6-8-12(20-3)9-7-11/h6-9,13H,4-5,10H2,1-3H3. The first-order chi connectivity index (χ1) is 9.62. The van der Waals surface area contributed by atoms with E-state index in [9.17, 15) is 9.59 Å². The predicted molar refractivity (Wildman–Crippen MR) is 76.8 cm³/mol. The molecule has 2 amide bonds. The maximum Gasteiger partial charge on any atom is 0.251 e. The molecule has 0 bridgehead atoms. The van der Waals surface area contributed by atoms with Crippen molar-refractivity contribution < 1.29 is 14.3 Å². The molecular formula is C15H20N2O3. The Kier molecular flexibility index (Phi) is 4.39. The van der Waals surface area contributed by atoms with E-state index in [1.165, 1.54) is 4.90 Å². The highest BCUT2D eigenvalue weighted by atomic mass is 16.5. The molecule has 1 aromatic rings. The van der Waals surface area contributed by atoms with Crippen molar-refractivity contribution in [3.63, 3.8) is 0 Å². The van der Waals surface area contributed by atoms with Crippen molar-refractivity contribution in [2.45, 2.75) is 26.3 Å². The average Bonchev–Trinajstić information content (AvgIpc) is 2.76. The Morgan fingerprint density at radius 1 is 1.20 bits per heavy atom. The fourth-order valence-electron chi connectivity index (χ4n) is 2.57. The van der Waals surface area contributed by atoms with E-state index in [1.807, 2.05) is 18.7 Å². The molecule has 0 aliphatic carbocycles. The van der Waals surface area contributed by atoms with Crippen molar-refractivity contribution in [3.8, 4) is 5.75 Å².